The molecule has 0 aromatic rings. The molecule has 1 saturated heterocycles. The van der Waals surface area contributed by atoms with Crippen LogP contribution in [-0.4, -0.2) is 17.7 Å². The molecule has 1 heterocycles. The highest BCUT2D eigenvalue weighted by molar-refractivity contribution is 6.26. The first-order valence-electron chi connectivity index (χ1n) is 4.72. The highest BCUT2D eigenvalue weighted by Gasteiger charge is 2.37. The van der Waals surface area contributed by atoms with Crippen molar-refractivity contribution in [1.29, 1.82) is 0 Å². The van der Waals surface area contributed by atoms with Crippen LogP contribution >= 0.6 is 0 Å². The second-order valence-corrected chi connectivity index (χ2v) is 3.63. The first-order chi connectivity index (χ1) is 6.49. The van der Waals surface area contributed by atoms with E-state index in [-0.39, 0.29) is 17.3 Å². The van der Waals surface area contributed by atoms with Crippen LogP contribution in [0.1, 0.15) is 27.2 Å². The van der Waals surface area contributed by atoms with Crippen molar-refractivity contribution in [1.82, 2.24) is 5.32 Å². The summed E-state index contributed by atoms with van der Waals surface area (Å²) in [5, 5.41) is 13.5. The van der Waals surface area contributed by atoms with Gasteiger partial charge in [-0.05, 0) is 5.92 Å². The van der Waals surface area contributed by atoms with Crippen LogP contribution in [0.4, 0.5) is 0 Å². The summed E-state index contributed by atoms with van der Waals surface area (Å²) < 4.78 is 0. The fourth-order valence-electron chi connectivity index (χ4n) is 1.52. The summed E-state index contributed by atoms with van der Waals surface area (Å²) in [5.74, 6) is -1.24. The summed E-state index contributed by atoms with van der Waals surface area (Å²) in [6.45, 7) is 5.06. The molecule has 0 bridgehead atoms. The van der Waals surface area contributed by atoms with Gasteiger partial charge in [0.25, 0.3) is 5.91 Å². The van der Waals surface area contributed by atoms with Crippen LogP contribution < -0.4 is 10.4 Å². The largest absolute Gasteiger partial charge is 0.875 e. The Morgan fingerprint density at radius 3 is 2.50 bits per heavy atom. The van der Waals surface area contributed by atoms with Crippen molar-refractivity contribution in [3.8, 4) is 0 Å². The maximum absolute atomic E-state index is 11.6. The predicted octanol–water partition coefficient (Wildman–Crippen LogP) is -0.266. The van der Waals surface area contributed by atoms with Crippen molar-refractivity contribution in [2.45, 2.75) is 33.2 Å². The molecule has 1 amide bonds. The maximum atomic E-state index is 11.6. The Morgan fingerprint density at radius 1 is 1.57 bits per heavy atom. The SMILES string of the molecule is CC[C@H](C)[C@@H]1NC(=O)/C(=C(/C)[O-])C1=O. The number of hydrogen-bond acceptors (Lipinski definition) is 3. The molecule has 1 aliphatic rings. The van der Waals surface area contributed by atoms with Gasteiger partial charge >= 0.3 is 0 Å². The Kier molecular flexibility index (Phi) is 2.93. The molecule has 1 fully saturated rings. The molecule has 0 aliphatic carbocycles. The maximum Gasteiger partial charge on any atom is 0.254 e. The van der Waals surface area contributed by atoms with E-state index < -0.39 is 17.7 Å². The van der Waals surface area contributed by atoms with E-state index in [9.17, 15) is 14.7 Å². The van der Waals surface area contributed by atoms with Gasteiger partial charge in [0, 0.05) is 0 Å². The van der Waals surface area contributed by atoms with Crippen LogP contribution in [0.15, 0.2) is 11.3 Å². The van der Waals surface area contributed by atoms with E-state index in [2.05, 4.69) is 5.32 Å². The van der Waals surface area contributed by atoms with Gasteiger partial charge in [0.2, 0.25) is 0 Å². The Balaban J connectivity index is 2.97. The van der Waals surface area contributed by atoms with E-state index in [1.54, 1.807) is 0 Å². The summed E-state index contributed by atoms with van der Waals surface area (Å²) in [5.41, 5.74) is -0.199. The third kappa shape index (κ3) is 1.64. The number of nitrogens with one attached hydrogen (secondary N) is 1. The fourth-order valence-corrected chi connectivity index (χ4v) is 1.52. The lowest BCUT2D eigenvalue weighted by molar-refractivity contribution is -0.302. The van der Waals surface area contributed by atoms with Crippen LogP contribution in [0.25, 0.3) is 0 Å². The van der Waals surface area contributed by atoms with E-state index >= 15 is 0 Å². The van der Waals surface area contributed by atoms with E-state index in [1.807, 2.05) is 13.8 Å². The molecule has 0 radical (unpaired) electrons. The number of carbonyl (C=O) groups is 2. The molecule has 78 valence electrons. The minimum atomic E-state index is -0.521. The van der Waals surface area contributed by atoms with Crippen molar-refractivity contribution in [2.24, 2.45) is 5.92 Å². The quantitative estimate of drug-likeness (QED) is 0.375. The lowest BCUT2D eigenvalue weighted by atomic mass is 9.95. The van der Waals surface area contributed by atoms with Crippen molar-refractivity contribution in [2.75, 3.05) is 0 Å². The van der Waals surface area contributed by atoms with E-state index in [0.717, 1.165) is 6.42 Å². The molecule has 1 N–H and O–H groups in total. The van der Waals surface area contributed by atoms with Gasteiger partial charge in [0.1, 0.15) is 0 Å². The average Bonchev–Trinajstić information content (AvgIpc) is 2.40. The Labute approximate surface area is 83.0 Å². The van der Waals surface area contributed by atoms with Crippen LogP contribution in [-0.2, 0) is 9.59 Å². The zero-order valence-corrected chi connectivity index (χ0v) is 8.59. The molecular weight excluding hydrogens is 182 g/mol. The van der Waals surface area contributed by atoms with Gasteiger partial charge in [0.05, 0.1) is 11.6 Å². The van der Waals surface area contributed by atoms with E-state index in [1.165, 1.54) is 6.92 Å². The number of rotatable bonds is 2. The monoisotopic (exact) mass is 196 g/mol. The second-order valence-electron chi connectivity index (χ2n) is 3.63. The van der Waals surface area contributed by atoms with Gasteiger partial charge in [-0.3, -0.25) is 9.59 Å². The van der Waals surface area contributed by atoms with Gasteiger partial charge in [-0.15, -0.1) is 5.76 Å². The smallest absolute Gasteiger partial charge is 0.254 e. The molecule has 14 heavy (non-hydrogen) atoms. The first-order valence-corrected chi connectivity index (χ1v) is 4.72. The fraction of sp³-hybridized carbons (Fsp3) is 0.600. The topological polar surface area (TPSA) is 69.2 Å². The molecule has 4 heteroatoms. The highest BCUT2D eigenvalue weighted by atomic mass is 16.3. The first kappa shape index (κ1) is 10.8. The van der Waals surface area contributed by atoms with Gasteiger partial charge in [-0.1, -0.05) is 27.2 Å². The number of Topliss-reactive ketones (excluding diaryl/α,β-unsaturated/α-hetero) is 1. The van der Waals surface area contributed by atoms with Crippen LogP contribution in [0, 0.1) is 5.92 Å². The number of amides is 1. The lowest BCUT2D eigenvalue weighted by Gasteiger charge is -2.15. The normalized spacial score (nSPS) is 27.5. The third-order valence-electron chi connectivity index (χ3n) is 2.61. The van der Waals surface area contributed by atoms with Gasteiger partial charge in [-0.25, -0.2) is 0 Å². The summed E-state index contributed by atoms with van der Waals surface area (Å²) in [7, 11) is 0. The van der Waals surface area contributed by atoms with Crippen molar-refractivity contribution in [3.63, 3.8) is 0 Å². The molecule has 0 spiro atoms. The summed E-state index contributed by atoms with van der Waals surface area (Å²) in [6.07, 6.45) is 0.794. The van der Waals surface area contributed by atoms with E-state index in [0.29, 0.717) is 0 Å². The Bertz CT molecular complexity index is 302. The standard InChI is InChI=1S/C10H15NO3/c1-4-5(2)8-9(13)7(6(3)12)10(14)11-8/h5,8,12H,4H2,1-3H3,(H,11,14)/p-1/b7-6-/t5-,8-/m0/s1. The molecule has 0 aromatic carbocycles. The van der Waals surface area contributed by atoms with Crippen LogP contribution in [0.5, 0.6) is 0 Å². The minimum absolute atomic E-state index is 0.0725. The van der Waals surface area contributed by atoms with E-state index in [4.69, 9.17) is 0 Å². The van der Waals surface area contributed by atoms with Crippen molar-refractivity contribution >= 4 is 11.7 Å². The zero-order valence-electron chi connectivity index (χ0n) is 8.59. The highest BCUT2D eigenvalue weighted by Crippen LogP contribution is 2.19. The molecule has 0 aromatic heterocycles. The van der Waals surface area contributed by atoms with Crippen molar-refractivity contribution in [3.05, 3.63) is 11.3 Å². The number of carbonyl (C=O) groups excluding carboxylic acids is 2. The average molecular weight is 196 g/mol. The molecule has 0 unspecified atom stereocenters. The Hall–Kier alpha value is -1.32. The molecule has 4 nitrogen and oxygen atoms in total. The lowest BCUT2D eigenvalue weighted by Crippen LogP contribution is -2.35. The molecule has 2 atom stereocenters. The van der Waals surface area contributed by atoms with Crippen LogP contribution in [0.2, 0.25) is 0 Å². The minimum Gasteiger partial charge on any atom is -0.875 e. The number of allylic oxidation sites excluding steroid dienone is 1. The predicted molar refractivity (Wildman–Crippen MR) is 49.1 cm³/mol. The Morgan fingerprint density at radius 2 is 2.14 bits per heavy atom. The second kappa shape index (κ2) is 3.82. The van der Waals surface area contributed by atoms with Crippen molar-refractivity contribution < 1.29 is 14.7 Å². The molecule has 1 aliphatic heterocycles. The summed E-state index contributed by atoms with van der Waals surface area (Å²) in [4.78, 5) is 22.9. The molecular formula is C10H14NO3-. The van der Waals surface area contributed by atoms with Gasteiger partial charge in [0.15, 0.2) is 5.78 Å². The van der Waals surface area contributed by atoms with Crippen LogP contribution in [0.3, 0.4) is 0 Å². The molecule has 1 rings (SSSR count). The summed E-state index contributed by atoms with van der Waals surface area (Å²) in [6, 6.07) is -0.508. The zero-order chi connectivity index (χ0) is 10.9. The van der Waals surface area contributed by atoms with Gasteiger partial charge in [-0.2, -0.15) is 0 Å². The third-order valence-corrected chi connectivity index (χ3v) is 2.61. The number of ketones is 1. The summed E-state index contributed by atoms with van der Waals surface area (Å²) >= 11 is 0. The number of hydrogen-bond donors (Lipinski definition) is 1. The van der Waals surface area contributed by atoms with Gasteiger partial charge < -0.3 is 10.4 Å². The molecule has 0 saturated carbocycles.